The van der Waals surface area contributed by atoms with E-state index in [4.69, 9.17) is 4.11 Å². The zero-order valence-corrected chi connectivity index (χ0v) is 37.6. The van der Waals surface area contributed by atoms with E-state index in [9.17, 15) is 2.74 Å². The van der Waals surface area contributed by atoms with Crippen LogP contribution in [0, 0.1) is 0 Å². The summed E-state index contributed by atoms with van der Waals surface area (Å²) in [6.07, 6.45) is 0. The fraction of sp³-hybridized carbons (Fsp3) is 0.0149. The molecule has 0 radical (unpaired) electrons. The van der Waals surface area contributed by atoms with Gasteiger partial charge in [0, 0.05) is 39.4 Å². The van der Waals surface area contributed by atoms with Crippen molar-refractivity contribution in [3.05, 3.63) is 301 Å². The van der Waals surface area contributed by atoms with Gasteiger partial charge in [-0.05, 0) is 116 Å². The molecular formula is C67H46N2. The minimum Gasteiger partial charge on any atom is -0.310 e. The van der Waals surface area contributed by atoms with Crippen molar-refractivity contribution in [2.75, 3.05) is 9.80 Å². The molecule has 2 aliphatic carbocycles. The fourth-order valence-corrected chi connectivity index (χ4v) is 11.1. The maximum absolute atomic E-state index is 9.36. The summed E-state index contributed by atoms with van der Waals surface area (Å²) in [5, 5.41) is 0. The van der Waals surface area contributed by atoms with Crippen molar-refractivity contribution in [1.29, 1.82) is 0 Å². The monoisotopic (exact) mass is 883 g/mol. The van der Waals surface area contributed by atoms with Crippen LogP contribution in [0.4, 0.5) is 34.1 Å². The maximum Gasteiger partial charge on any atom is 0.0727 e. The van der Waals surface area contributed by atoms with E-state index in [-0.39, 0.29) is 29.7 Å². The van der Waals surface area contributed by atoms with Gasteiger partial charge in [-0.15, -0.1) is 0 Å². The Morgan fingerprint density at radius 3 is 1.20 bits per heavy atom. The lowest BCUT2D eigenvalue weighted by Gasteiger charge is -2.35. The second kappa shape index (κ2) is 16.7. The first-order valence-corrected chi connectivity index (χ1v) is 23.4. The number of nitrogens with zero attached hydrogens (tertiary/aromatic N) is 2. The van der Waals surface area contributed by atoms with Crippen LogP contribution in [0.5, 0.6) is 0 Å². The van der Waals surface area contributed by atoms with E-state index in [0.717, 1.165) is 67.4 Å². The molecule has 69 heavy (non-hydrogen) atoms. The number of anilines is 6. The third kappa shape index (κ3) is 6.48. The van der Waals surface area contributed by atoms with Crippen molar-refractivity contribution in [2.24, 2.45) is 0 Å². The van der Waals surface area contributed by atoms with E-state index in [2.05, 4.69) is 222 Å². The Bertz CT molecular complexity index is 3840. The van der Waals surface area contributed by atoms with E-state index in [1.54, 1.807) is 0 Å². The highest BCUT2D eigenvalue weighted by Gasteiger charge is 2.52. The minimum atomic E-state index is -0.762. The van der Waals surface area contributed by atoms with Gasteiger partial charge >= 0.3 is 0 Å². The van der Waals surface area contributed by atoms with Gasteiger partial charge in [-0.2, -0.15) is 0 Å². The number of benzene rings is 11. The number of hydrogen-bond donors (Lipinski definition) is 0. The molecule has 1 spiro atoms. The highest BCUT2D eigenvalue weighted by molar-refractivity contribution is 6.02. The third-order valence-electron chi connectivity index (χ3n) is 13.9. The average molecular weight is 884 g/mol. The highest BCUT2D eigenvalue weighted by Crippen LogP contribution is 2.64. The van der Waals surface area contributed by atoms with Crippen molar-refractivity contribution in [1.82, 2.24) is 0 Å². The van der Waals surface area contributed by atoms with Crippen LogP contribution < -0.4 is 9.80 Å². The first-order valence-electron chi connectivity index (χ1n) is 25.9. The molecule has 0 saturated heterocycles. The molecule has 2 nitrogen and oxygen atoms in total. The van der Waals surface area contributed by atoms with Gasteiger partial charge in [0.05, 0.1) is 23.6 Å². The van der Waals surface area contributed by atoms with Gasteiger partial charge in [0.2, 0.25) is 0 Å². The summed E-state index contributed by atoms with van der Waals surface area (Å²) < 4.78 is 45.0. The molecule has 2 aliphatic rings. The van der Waals surface area contributed by atoms with Crippen LogP contribution in [0.15, 0.2) is 279 Å². The Morgan fingerprint density at radius 1 is 0.275 bits per heavy atom. The summed E-state index contributed by atoms with van der Waals surface area (Å²) in [6.45, 7) is 0. The quantitative estimate of drug-likeness (QED) is 0.142. The van der Waals surface area contributed by atoms with Crippen LogP contribution in [0.25, 0.3) is 55.6 Å². The van der Waals surface area contributed by atoms with Crippen LogP contribution in [-0.2, 0) is 5.41 Å². The van der Waals surface area contributed by atoms with E-state index >= 15 is 0 Å². The molecule has 0 aromatic heterocycles. The van der Waals surface area contributed by atoms with Crippen LogP contribution >= 0.6 is 0 Å². The second-order valence-corrected chi connectivity index (χ2v) is 17.6. The Kier molecular flexibility index (Phi) is 8.54. The Balaban J connectivity index is 1.14. The molecule has 0 N–H and O–H groups in total. The SMILES string of the molecule is [2H]c1c([2H])c([2H])c(-c2ccccc2N(c2ccc3c(c2)C2(c4ccccc4-c4ccc(N(c5ccccc5)c5ccccc5)cc42)c2ccccc2-3)c2c(-c3ccccc3)cccc2-c2ccccc2)c([2H])c1[2H]. The molecule has 11 aromatic carbocycles. The lowest BCUT2D eigenvalue weighted by Crippen LogP contribution is -2.26. The summed E-state index contributed by atoms with van der Waals surface area (Å²) in [6, 6.07) is 85.7. The van der Waals surface area contributed by atoms with Crippen molar-refractivity contribution in [3.63, 3.8) is 0 Å². The molecule has 1 atom stereocenters. The van der Waals surface area contributed by atoms with Crippen LogP contribution in [0.1, 0.15) is 29.1 Å². The normalized spacial score (nSPS) is 14.9. The number of hydrogen-bond acceptors (Lipinski definition) is 2. The smallest absolute Gasteiger partial charge is 0.0727 e. The van der Waals surface area contributed by atoms with Gasteiger partial charge in [0.15, 0.2) is 0 Å². The Labute approximate surface area is 411 Å². The van der Waals surface area contributed by atoms with Gasteiger partial charge in [-0.25, -0.2) is 0 Å². The molecule has 13 rings (SSSR count). The molecule has 1 unspecified atom stereocenters. The van der Waals surface area contributed by atoms with Gasteiger partial charge in [0.1, 0.15) is 0 Å². The lowest BCUT2D eigenvalue weighted by atomic mass is 9.70. The largest absolute Gasteiger partial charge is 0.310 e. The van der Waals surface area contributed by atoms with Crippen molar-refractivity contribution in [2.45, 2.75) is 5.41 Å². The van der Waals surface area contributed by atoms with Gasteiger partial charge in [0.25, 0.3) is 0 Å². The molecule has 0 bridgehead atoms. The predicted octanol–water partition coefficient (Wildman–Crippen LogP) is 18.0. The number of rotatable bonds is 9. The van der Waals surface area contributed by atoms with E-state index < -0.39 is 11.5 Å². The summed E-state index contributed by atoms with van der Waals surface area (Å²) in [7, 11) is 0. The molecular weight excluding hydrogens is 833 g/mol. The zero-order chi connectivity index (χ0) is 50.1. The second-order valence-electron chi connectivity index (χ2n) is 17.6. The number of fused-ring (bicyclic) bond motifs is 10. The van der Waals surface area contributed by atoms with E-state index in [1.165, 1.54) is 27.8 Å². The Morgan fingerprint density at radius 2 is 0.681 bits per heavy atom. The average Bonchev–Trinajstić information content (AvgIpc) is 3.92. The Hall–Kier alpha value is -8.98. The van der Waals surface area contributed by atoms with Crippen molar-refractivity contribution >= 4 is 34.1 Å². The van der Waals surface area contributed by atoms with Gasteiger partial charge in [-0.1, -0.05) is 224 Å². The van der Waals surface area contributed by atoms with Crippen LogP contribution in [0.3, 0.4) is 0 Å². The van der Waals surface area contributed by atoms with Crippen LogP contribution in [0.2, 0.25) is 0 Å². The first kappa shape index (κ1) is 35.2. The topological polar surface area (TPSA) is 6.48 Å². The first-order chi connectivity index (χ1) is 36.3. The fourth-order valence-electron chi connectivity index (χ4n) is 11.1. The molecule has 11 aromatic rings. The minimum absolute atomic E-state index is 0.132. The highest BCUT2D eigenvalue weighted by atomic mass is 15.2. The molecule has 0 heterocycles. The van der Waals surface area contributed by atoms with Crippen LogP contribution in [-0.4, -0.2) is 0 Å². The molecule has 0 amide bonds. The van der Waals surface area contributed by atoms with Crippen molar-refractivity contribution < 1.29 is 6.85 Å². The maximum atomic E-state index is 9.36. The summed E-state index contributed by atoms with van der Waals surface area (Å²) in [4.78, 5) is 4.60. The molecule has 2 heteroatoms. The lowest BCUT2D eigenvalue weighted by molar-refractivity contribution is 0.793. The van der Waals surface area contributed by atoms with E-state index in [1.807, 2.05) is 36.4 Å². The van der Waals surface area contributed by atoms with Gasteiger partial charge in [-0.3, -0.25) is 0 Å². The molecule has 324 valence electrons. The van der Waals surface area contributed by atoms with Crippen molar-refractivity contribution in [3.8, 4) is 55.6 Å². The van der Waals surface area contributed by atoms with E-state index in [0.29, 0.717) is 11.3 Å². The summed E-state index contributed by atoms with van der Waals surface area (Å²) in [5.41, 5.74) is 18.7. The summed E-state index contributed by atoms with van der Waals surface area (Å²) in [5.74, 6) is 0. The standard InChI is InChI=1S/C67H46N2/c1-6-23-47(24-7-1)54-33-18-21-40-65(54)69(66-55(48-25-8-2-9-26-48)36-22-37-56(66)49-27-10-3-11-28-49)53-42-44-60-58-35-17-20-39-62(58)67(64(60)46-53)61-38-19-16-34-57(61)59-43-41-52(45-63(59)67)68(50-29-12-4-13-30-50)51-31-14-5-15-32-51/h1-46H/i1D,6D,7D,23D,24D. The molecule has 0 aliphatic heterocycles. The zero-order valence-electron chi connectivity index (χ0n) is 42.6. The summed E-state index contributed by atoms with van der Waals surface area (Å²) >= 11 is 0. The molecule has 0 saturated carbocycles. The predicted molar refractivity (Wildman–Crippen MR) is 288 cm³/mol. The van der Waals surface area contributed by atoms with Gasteiger partial charge < -0.3 is 9.80 Å². The number of para-hydroxylation sites is 4. The third-order valence-corrected chi connectivity index (χ3v) is 13.9. The molecule has 0 fully saturated rings.